The Morgan fingerprint density at radius 1 is 1.16 bits per heavy atom. The second-order valence-corrected chi connectivity index (χ2v) is 6.92. The molecule has 1 aliphatic heterocycles. The molecule has 1 saturated carbocycles. The highest BCUT2D eigenvalue weighted by Gasteiger charge is 2.32. The summed E-state index contributed by atoms with van der Waals surface area (Å²) in [6, 6.07) is 6.54. The van der Waals surface area contributed by atoms with Gasteiger partial charge in [0, 0.05) is 37.8 Å². The third-order valence-electron chi connectivity index (χ3n) is 5.44. The van der Waals surface area contributed by atoms with Crippen LogP contribution in [0.25, 0.3) is 5.65 Å². The van der Waals surface area contributed by atoms with Crippen molar-refractivity contribution in [3.63, 3.8) is 0 Å². The molecule has 2 aliphatic rings. The second-order valence-electron chi connectivity index (χ2n) is 6.92. The Labute approximate surface area is 145 Å². The van der Waals surface area contributed by atoms with E-state index < -0.39 is 0 Å². The monoisotopic (exact) mass is 336 g/mol. The molecular formula is C17H20N8. The summed E-state index contributed by atoms with van der Waals surface area (Å²) in [7, 11) is 2.12. The van der Waals surface area contributed by atoms with Crippen LogP contribution in [0.5, 0.6) is 0 Å². The van der Waals surface area contributed by atoms with Crippen LogP contribution in [0.1, 0.15) is 30.9 Å². The number of anilines is 2. The molecule has 0 amide bonds. The average molecular weight is 336 g/mol. The average Bonchev–Trinajstić information content (AvgIpc) is 3.00. The fourth-order valence-electron chi connectivity index (χ4n) is 3.44. The summed E-state index contributed by atoms with van der Waals surface area (Å²) in [6.07, 6.45) is 7.17. The minimum Gasteiger partial charge on any atom is -0.353 e. The van der Waals surface area contributed by atoms with E-state index in [2.05, 4.69) is 48.2 Å². The summed E-state index contributed by atoms with van der Waals surface area (Å²) in [5.41, 5.74) is 1.96. The Hall–Kier alpha value is -2.77. The van der Waals surface area contributed by atoms with E-state index in [1.165, 1.54) is 25.0 Å². The van der Waals surface area contributed by atoms with Crippen LogP contribution in [0, 0.1) is 0 Å². The zero-order valence-electron chi connectivity index (χ0n) is 14.2. The standard InChI is InChI=1S/C17H20N8/c1-23(17-7-14(18-10-19-17)12-3-2-4-12)13-8-24(9-13)16-6-5-15-21-20-11-25(15)22-16/h5-7,10-13H,2-4,8-9H2,1H3. The van der Waals surface area contributed by atoms with Gasteiger partial charge < -0.3 is 9.80 Å². The normalized spacial score (nSPS) is 18.2. The molecule has 8 nitrogen and oxygen atoms in total. The summed E-state index contributed by atoms with van der Waals surface area (Å²) in [4.78, 5) is 13.5. The number of hydrogen-bond donors (Lipinski definition) is 0. The van der Waals surface area contributed by atoms with E-state index in [-0.39, 0.29) is 0 Å². The lowest BCUT2D eigenvalue weighted by Crippen LogP contribution is -2.59. The zero-order valence-corrected chi connectivity index (χ0v) is 14.2. The molecule has 5 rings (SSSR count). The molecule has 0 aromatic carbocycles. The fourth-order valence-corrected chi connectivity index (χ4v) is 3.44. The molecule has 1 aliphatic carbocycles. The number of rotatable bonds is 4. The van der Waals surface area contributed by atoms with E-state index in [1.807, 2.05) is 12.1 Å². The van der Waals surface area contributed by atoms with Gasteiger partial charge in [-0.25, -0.2) is 9.97 Å². The Balaban J connectivity index is 1.28. The quantitative estimate of drug-likeness (QED) is 0.715. The van der Waals surface area contributed by atoms with Crippen LogP contribution in [0.3, 0.4) is 0 Å². The highest BCUT2D eigenvalue weighted by atomic mass is 15.4. The Kier molecular flexibility index (Phi) is 3.29. The van der Waals surface area contributed by atoms with E-state index in [0.29, 0.717) is 12.0 Å². The largest absolute Gasteiger partial charge is 0.353 e. The predicted octanol–water partition coefficient (Wildman–Crippen LogP) is 1.51. The van der Waals surface area contributed by atoms with Gasteiger partial charge in [0.15, 0.2) is 5.65 Å². The van der Waals surface area contributed by atoms with Gasteiger partial charge in [-0.05, 0) is 25.0 Å². The minimum atomic E-state index is 0.433. The molecule has 4 heterocycles. The van der Waals surface area contributed by atoms with Gasteiger partial charge in [0.2, 0.25) is 0 Å². The zero-order chi connectivity index (χ0) is 16.8. The van der Waals surface area contributed by atoms with Gasteiger partial charge in [0.05, 0.1) is 6.04 Å². The molecule has 3 aromatic heterocycles. The van der Waals surface area contributed by atoms with Crippen LogP contribution >= 0.6 is 0 Å². The molecule has 8 heteroatoms. The molecule has 3 aromatic rings. The topological polar surface area (TPSA) is 75.3 Å². The van der Waals surface area contributed by atoms with Crippen molar-refractivity contribution in [3.05, 3.63) is 36.5 Å². The van der Waals surface area contributed by atoms with Crippen molar-refractivity contribution < 1.29 is 0 Å². The van der Waals surface area contributed by atoms with Crippen LogP contribution in [0.2, 0.25) is 0 Å². The summed E-state index contributed by atoms with van der Waals surface area (Å²) in [5, 5.41) is 12.4. The first-order valence-electron chi connectivity index (χ1n) is 8.75. The Morgan fingerprint density at radius 2 is 2.04 bits per heavy atom. The number of hydrogen-bond acceptors (Lipinski definition) is 7. The molecule has 128 valence electrons. The van der Waals surface area contributed by atoms with Crippen molar-refractivity contribution in [3.8, 4) is 0 Å². The van der Waals surface area contributed by atoms with E-state index in [1.54, 1.807) is 17.2 Å². The lowest BCUT2D eigenvalue weighted by molar-refractivity contribution is 0.410. The van der Waals surface area contributed by atoms with Crippen LogP contribution in [-0.4, -0.2) is 56.0 Å². The first-order chi connectivity index (χ1) is 12.3. The molecule has 0 unspecified atom stereocenters. The van der Waals surface area contributed by atoms with Gasteiger partial charge in [-0.3, -0.25) is 0 Å². The summed E-state index contributed by atoms with van der Waals surface area (Å²) in [5.74, 6) is 2.60. The number of nitrogens with zero attached hydrogens (tertiary/aromatic N) is 8. The summed E-state index contributed by atoms with van der Waals surface area (Å²) < 4.78 is 1.71. The van der Waals surface area contributed by atoms with Gasteiger partial charge in [-0.1, -0.05) is 6.42 Å². The van der Waals surface area contributed by atoms with Gasteiger partial charge in [-0.2, -0.15) is 4.52 Å². The maximum Gasteiger partial charge on any atom is 0.177 e. The van der Waals surface area contributed by atoms with Crippen LogP contribution in [-0.2, 0) is 0 Å². The highest BCUT2D eigenvalue weighted by molar-refractivity contribution is 5.50. The molecule has 1 saturated heterocycles. The molecule has 0 spiro atoms. The van der Waals surface area contributed by atoms with Gasteiger partial charge in [0.1, 0.15) is 24.3 Å². The van der Waals surface area contributed by atoms with Crippen molar-refractivity contribution in [1.29, 1.82) is 0 Å². The van der Waals surface area contributed by atoms with Crippen molar-refractivity contribution in [1.82, 2.24) is 29.8 Å². The van der Waals surface area contributed by atoms with Gasteiger partial charge >= 0.3 is 0 Å². The number of fused-ring (bicyclic) bond motifs is 1. The molecule has 0 radical (unpaired) electrons. The minimum absolute atomic E-state index is 0.433. The van der Waals surface area contributed by atoms with Crippen molar-refractivity contribution in [2.45, 2.75) is 31.2 Å². The number of aromatic nitrogens is 6. The van der Waals surface area contributed by atoms with E-state index in [9.17, 15) is 0 Å². The maximum atomic E-state index is 4.55. The molecular weight excluding hydrogens is 316 g/mol. The molecule has 25 heavy (non-hydrogen) atoms. The van der Waals surface area contributed by atoms with Gasteiger partial charge in [0.25, 0.3) is 0 Å². The molecule has 0 bridgehead atoms. The van der Waals surface area contributed by atoms with Crippen molar-refractivity contribution in [2.24, 2.45) is 0 Å². The molecule has 0 atom stereocenters. The summed E-state index contributed by atoms with van der Waals surface area (Å²) in [6.45, 7) is 1.86. The first kappa shape index (κ1) is 14.6. The van der Waals surface area contributed by atoms with E-state index >= 15 is 0 Å². The maximum absolute atomic E-state index is 4.55. The lowest BCUT2D eigenvalue weighted by Gasteiger charge is -2.45. The number of likely N-dealkylation sites (N-methyl/N-ethyl adjacent to an activating group) is 1. The van der Waals surface area contributed by atoms with E-state index in [0.717, 1.165) is 30.4 Å². The Bertz CT molecular complexity index is 896. The Morgan fingerprint density at radius 3 is 2.84 bits per heavy atom. The first-order valence-corrected chi connectivity index (χ1v) is 8.75. The van der Waals surface area contributed by atoms with E-state index in [4.69, 9.17) is 0 Å². The lowest BCUT2D eigenvalue weighted by atomic mass is 9.83. The van der Waals surface area contributed by atoms with Crippen molar-refractivity contribution >= 4 is 17.3 Å². The van der Waals surface area contributed by atoms with Crippen molar-refractivity contribution in [2.75, 3.05) is 29.9 Å². The second kappa shape index (κ2) is 5.65. The summed E-state index contributed by atoms with van der Waals surface area (Å²) >= 11 is 0. The van der Waals surface area contributed by atoms with Crippen LogP contribution in [0.4, 0.5) is 11.6 Å². The van der Waals surface area contributed by atoms with Crippen LogP contribution in [0.15, 0.2) is 30.9 Å². The fraction of sp³-hybridized carbons (Fsp3) is 0.471. The SMILES string of the molecule is CN(c1cc(C2CCC2)ncn1)C1CN(c2ccc3nncn3n2)C1. The third-order valence-corrected chi connectivity index (χ3v) is 5.44. The smallest absolute Gasteiger partial charge is 0.177 e. The molecule has 0 N–H and O–H groups in total. The predicted molar refractivity (Wildman–Crippen MR) is 93.8 cm³/mol. The highest BCUT2D eigenvalue weighted by Crippen LogP contribution is 2.36. The molecule has 2 fully saturated rings. The third kappa shape index (κ3) is 2.48. The van der Waals surface area contributed by atoms with Gasteiger partial charge in [-0.15, -0.1) is 15.3 Å². The van der Waals surface area contributed by atoms with Crippen LogP contribution < -0.4 is 9.80 Å².